The van der Waals surface area contributed by atoms with Gasteiger partial charge in [0.05, 0.1) is 12.7 Å². The van der Waals surface area contributed by atoms with Crippen LogP contribution in [0.4, 0.5) is 0 Å². The molecule has 3 rings (SSSR count). The van der Waals surface area contributed by atoms with Gasteiger partial charge in [0.15, 0.2) is 23.9 Å². The lowest BCUT2D eigenvalue weighted by Crippen LogP contribution is -2.11. The Balaban J connectivity index is 1.61. The van der Waals surface area contributed by atoms with Gasteiger partial charge < -0.3 is 18.9 Å². The van der Waals surface area contributed by atoms with Crippen molar-refractivity contribution in [2.75, 3.05) is 20.5 Å². The molecule has 23 heavy (non-hydrogen) atoms. The predicted molar refractivity (Wildman–Crippen MR) is 80.2 cm³/mol. The molecule has 2 aromatic rings. The summed E-state index contributed by atoms with van der Waals surface area (Å²) in [4.78, 5) is 23.5. The van der Waals surface area contributed by atoms with Crippen LogP contribution in [0.25, 0.3) is 0 Å². The fourth-order valence-electron chi connectivity index (χ4n) is 2.11. The van der Waals surface area contributed by atoms with Crippen LogP contribution in [0.5, 0.6) is 17.2 Å². The second-order valence-corrected chi connectivity index (χ2v) is 4.80. The molecule has 0 saturated heterocycles. The van der Waals surface area contributed by atoms with Crippen molar-refractivity contribution in [3.63, 3.8) is 0 Å². The van der Waals surface area contributed by atoms with E-state index in [0.717, 1.165) is 0 Å². The number of esters is 1. The highest BCUT2D eigenvalue weighted by molar-refractivity contribution is 5.98. The highest BCUT2D eigenvalue weighted by Crippen LogP contribution is 2.32. The normalized spacial score (nSPS) is 11.9. The molecular formula is C17H14O6. The minimum Gasteiger partial charge on any atom is -0.485 e. The molecule has 0 saturated carbocycles. The number of ketones is 1. The van der Waals surface area contributed by atoms with Crippen LogP contribution in [0.2, 0.25) is 0 Å². The van der Waals surface area contributed by atoms with Crippen LogP contribution in [0.1, 0.15) is 20.7 Å². The van der Waals surface area contributed by atoms with Gasteiger partial charge in [0.25, 0.3) is 0 Å². The van der Waals surface area contributed by atoms with Crippen LogP contribution in [-0.4, -0.2) is 32.3 Å². The summed E-state index contributed by atoms with van der Waals surface area (Å²) in [5.41, 5.74) is 0.905. The van der Waals surface area contributed by atoms with Gasteiger partial charge in [-0.25, -0.2) is 4.79 Å². The van der Waals surface area contributed by atoms with Gasteiger partial charge in [0.1, 0.15) is 5.75 Å². The van der Waals surface area contributed by atoms with Crippen LogP contribution in [-0.2, 0) is 4.74 Å². The van der Waals surface area contributed by atoms with Crippen molar-refractivity contribution < 1.29 is 28.5 Å². The van der Waals surface area contributed by atoms with Crippen LogP contribution in [0, 0.1) is 0 Å². The van der Waals surface area contributed by atoms with Gasteiger partial charge in [-0.05, 0) is 42.5 Å². The van der Waals surface area contributed by atoms with Gasteiger partial charge in [-0.1, -0.05) is 0 Å². The van der Waals surface area contributed by atoms with Gasteiger partial charge in [0, 0.05) is 5.56 Å². The monoisotopic (exact) mass is 314 g/mol. The summed E-state index contributed by atoms with van der Waals surface area (Å²) in [5, 5.41) is 0. The van der Waals surface area contributed by atoms with Crippen LogP contribution < -0.4 is 14.2 Å². The molecular weight excluding hydrogens is 300 g/mol. The number of carbonyl (C=O) groups excluding carboxylic acids is 2. The average Bonchev–Trinajstić information content (AvgIpc) is 3.07. The van der Waals surface area contributed by atoms with Gasteiger partial charge in [-0.2, -0.15) is 0 Å². The number of Topliss-reactive ketones (excluding diaryl/α,β-unsaturated/α-hetero) is 1. The van der Waals surface area contributed by atoms with Crippen LogP contribution in [0.3, 0.4) is 0 Å². The summed E-state index contributed by atoms with van der Waals surface area (Å²) in [7, 11) is 1.32. The van der Waals surface area contributed by atoms with E-state index in [0.29, 0.717) is 28.4 Å². The second kappa shape index (κ2) is 6.39. The van der Waals surface area contributed by atoms with Crippen molar-refractivity contribution in [3.8, 4) is 17.2 Å². The highest BCUT2D eigenvalue weighted by Gasteiger charge is 2.16. The van der Waals surface area contributed by atoms with Gasteiger partial charge >= 0.3 is 5.97 Å². The first-order chi connectivity index (χ1) is 11.2. The number of methoxy groups -OCH3 is 1. The number of fused-ring (bicyclic) bond motifs is 1. The molecule has 2 aromatic carbocycles. The Labute approximate surface area is 132 Å². The van der Waals surface area contributed by atoms with Crippen molar-refractivity contribution in [1.82, 2.24) is 0 Å². The molecule has 6 nitrogen and oxygen atoms in total. The first-order valence-corrected chi connectivity index (χ1v) is 6.91. The molecule has 0 amide bonds. The molecule has 0 bridgehead atoms. The molecule has 0 N–H and O–H groups in total. The predicted octanol–water partition coefficient (Wildman–Crippen LogP) is 2.46. The number of ether oxygens (including phenoxy) is 4. The van der Waals surface area contributed by atoms with Crippen molar-refractivity contribution >= 4 is 11.8 Å². The smallest absolute Gasteiger partial charge is 0.337 e. The summed E-state index contributed by atoms with van der Waals surface area (Å²) in [5.74, 6) is 1.07. The summed E-state index contributed by atoms with van der Waals surface area (Å²) in [6.07, 6.45) is 0. The maximum absolute atomic E-state index is 12.1. The molecule has 0 fully saturated rings. The lowest BCUT2D eigenvalue weighted by Gasteiger charge is -2.07. The molecule has 0 aliphatic carbocycles. The molecule has 118 valence electrons. The number of hydrogen-bond donors (Lipinski definition) is 0. The topological polar surface area (TPSA) is 71.1 Å². The van der Waals surface area contributed by atoms with Crippen molar-refractivity contribution in [3.05, 3.63) is 53.6 Å². The Bertz CT molecular complexity index is 735. The Kier molecular flexibility index (Phi) is 4.14. The molecule has 0 spiro atoms. The summed E-state index contributed by atoms with van der Waals surface area (Å²) in [6.45, 7) is 0.0488. The minimum atomic E-state index is -0.423. The van der Waals surface area contributed by atoms with E-state index in [9.17, 15) is 9.59 Å². The molecule has 0 atom stereocenters. The first kappa shape index (κ1) is 14.9. The zero-order valence-electron chi connectivity index (χ0n) is 12.4. The fourth-order valence-corrected chi connectivity index (χ4v) is 2.11. The lowest BCUT2D eigenvalue weighted by molar-refractivity contribution is 0.0600. The molecule has 0 aromatic heterocycles. The minimum absolute atomic E-state index is 0.114. The molecule has 0 unspecified atom stereocenters. The van der Waals surface area contributed by atoms with E-state index in [4.69, 9.17) is 14.2 Å². The van der Waals surface area contributed by atoms with E-state index in [1.807, 2.05) is 0 Å². The van der Waals surface area contributed by atoms with E-state index in [1.54, 1.807) is 42.5 Å². The molecule has 1 heterocycles. The summed E-state index contributed by atoms with van der Waals surface area (Å²) in [6, 6.07) is 11.4. The maximum atomic E-state index is 12.1. The first-order valence-electron chi connectivity index (χ1n) is 6.91. The molecule has 0 radical (unpaired) electrons. The Morgan fingerprint density at radius 2 is 1.70 bits per heavy atom. The maximum Gasteiger partial charge on any atom is 0.337 e. The fraction of sp³-hybridized carbons (Fsp3) is 0.176. The third-order valence-corrected chi connectivity index (χ3v) is 3.34. The zero-order valence-corrected chi connectivity index (χ0v) is 12.4. The number of carbonyl (C=O) groups is 2. The van der Waals surface area contributed by atoms with Crippen molar-refractivity contribution in [2.24, 2.45) is 0 Å². The van der Waals surface area contributed by atoms with E-state index < -0.39 is 5.97 Å². The van der Waals surface area contributed by atoms with Crippen LogP contribution in [0.15, 0.2) is 42.5 Å². The SMILES string of the molecule is COC(=O)c1ccc(OCC(=O)c2ccc3c(c2)OCO3)cc1. The Morgan fingerprint density at radius 1 is 1.00 bits per heavy atom. The number of hydrogen-bond acceptors (Lipinski definition) is 6. The summed E-state index contributed by atoms with van der Waals surface area (Å²) < 4.78 is 20.5. The quantitative estimate of drug-likeness (QED) is 0.623. The number of rotatable bonds is 5. The van der Waals surface area contributed by atoms with Crippen LogP contribution >= 0.6 is 0 Å². The van der Waals surface area contributed by atoms with Crippen molar-refractivity contribution in [1.29, 1.82) is 0 Å². The molecule has 1 aliphatic rings. The number of benzene rings is 2. The largest absolute Gasteiger partial charge is 0.485 e. The summed E-state index contributed by atoms with van der Waals surface area (Å²) >= 11 is 0. The molecule has 1 aliphatic heterocycles. The third kappa shape index (κ3) is 3.26. The zero-order chi connectivity index (χ0) is 16.2. The second-order valence-electron chi connectivity index (χ2n) is 4.80. The van der Waals surface area contributed by atoms with Gasteiger partial charge in [-0.3, -0.25) is 4.79 Å². The lowest BCUT2D eigenvalue weighted by atomic mass is 10.1. The van der Waals surface area contributed by atoms with E-state index in [2.05, 4.69) is 4.74 Å². The Hall–Kier alpha value is -3.02. The highest BCUT2D eigenvalue weighted by atomic mass is 16.7. The van der Waals surface area contributed by atoms with Crippen molar-refractivity contribution in [2.45, 2.75) is 0 Å². The Morgan fingerprint density at radius 3 is 2.43 bits per heavy atom. The van der Waals surface area contributed by atoms with Gasteiger partial charge in [-0.15, -0.1) is 0 Å². The standard InChI is InChI=1S/C17H14O6/c1-20-17(19)11-2-5-13(6-3-11)21-9-14(18)12-4-7-15-16(8-12)23-10-22-15/h2-8H,9-10H2,1H3. The van der Waals surface area contributed by atoms with E-state index >= 15 is 0 Å². The third-order valence-electron chi connectivity index (χ3n) is 3.34. The molecule has 6 heteroatoms. The van der Waals surface area contributed by atoms with E-state index in [1.165, 1.54) is 7.11 Å². The van der Waals surface area contributed by atoms with E-state index in [-0.39, 0.29) is 19.2 Å². The van der Waals surface area contributed by atoms with Gasteiger partial charge in [0.2, 0.25) is 6.79 Å². The average molecular weight is 314 g/mol.